The molecule has 1 aromatic heterocycles. The highest BCUT2D eigenvalue weighted by molar-refractivity contribution is 7.99. The summed E-state index contributed by atoms with van der Waals surface area (Å²) in [4.78, 5) is 52.2. The molecule has 0 saturated carbocycles. The van der Waals surface area contributed by atoms with Crippen molar-refractivity contribution in [2.75, 3.05) is 23.5 Å². The number of benzene rings is 1. The molecule has 0 radical (unpaired) electrons. The first-order valence-corrected chi connectivity index (χ1v) is 8.50. The Hall–Kier alpha value is -3.34. The minimum absolute atomic E-state index is 0.0165. The van der Waals surface area contributed by atoms with Crippen molar-refractivity contribution in [3.63, 3.8) is 0 Å². The van der Waals surface area contributed by atoms with Gasteiger partial charge >= 0.3 is 5.97 Å². The van der Waals surface area contributed by atoms with Crippen molar-refractivity contribution in [3.05, 3.63) is 40.2 Å². The molecule has 11 heteroatoms. The number of aromatic nitrogens is 2. The Bertz CT molecular complexity index is 925. The number of methoxy groups -OCH3 is 1. The SMILES string of the molecule is COC(=O)c1ccc(NC(=O)CSc2nc(O)c(NC(C)=O)c(=O)[nH]2)cc1. The second-order valence-corrected chi connectivity index (χ2v) is 6.12. The molecule has 0 aliphatic heterocycles. The average Bonchev–Trinajstić information content (AvgIpc) is 2.63. The van der Waals surface area contributed by atoms with Crippen molar-refractivity contribution in [1.82, 2.24) is 9.97 Å². The fourth-order valence-electron chi connectivity index (χ4n) is 1.94. The lowest BCUT2D eigenvalue weighted by Crippen LogP contribution is -2.19. The zero-order valence-electron chi connectivity index (χ0n) is 14.4. The number of esters is 1. The van der Waals surface area contributed by atoms with Gasteiger partial charge in [0, 0.05) is 12.6 Å². The van der Waals surface area contributed by atoms with E-state index in [1.165, 1.54) is 26.2 Å². The normalized spacial score (nSPS) is 10.1. The predicted octanol–water partition coefficient (Wildman–Crippen LogP) is 0.951. The molecule has 0 fully saturated rings. The molecule has 142 valence electrons. The van der Waals surface area contributed by atoms with E-state index in [0.29, 0.717) is 11.3 Å². The zero-order chi connectivity index (χ0) is 20.0. The molecule has 0 spiro atoms. The van der Waals surface area contributed by atoms with Gasteiger partial charge in [-0.1, -0.05) is 11.8 Å². The number of carbonyl (C=O) groups excluding carboxylic acids is 3. The molecular formula is C16H16N4O6S. The highest BCUT2D eigenvalue weighted by atomic mass is 32.2. The summed E-state index contributed by atoms with van der Waals surface area (Å²) in [5.41, 5.74) is -0.277. The number of carbonyl (C=O) groups is 3. The summed E-state index contributed by atoms with van der Waals surface area (Å²) < 4.78 is 4.58. The quantitative estimate of drug-likeness (QED) is 0.322. The van der Waals surface area contributed by atoms with Crippen molar-refractivity contribution < 1.29 is 24.2 Å². The van der Waals surface area contributed by atoms with Gasteiger partial charge in [-0.15, -0.1) is 0 Å². The topological polar surface area (TPSA) is 150 Å². The van der Waals surface area contributed by atoms with Crippen LogP contribution in [0.25, 0.3) is 0 Å². The lowest BCUT2D eigenvalue weighted by Gasteiger charge is -2.07. The Morgan fingerprint density at radius 2 is 1.89 bits per heavy atom. The number of nitrogens with zero attached hydrogens (tertiary/aromatic N) is 1. The maximum absolute atomic E-state index is 12.0. The van der Waals surface area contributed by atoms with Crippen molar-refractivity contribution >= 4 is 40.9 Å². The van der Waals surface area contributed by atoms with Crippen molar-refractivity contribution in [3.8, 4) is 5.88 Å². The van der Waals surface area contributed by atoms with Gasteiger partial charge in [-0.05, 0) is 24.3 Å². The second kappa shape index (κ2) is 8.85. The van der Waals surface area contributed by atoms with E-state index < -0.39 is 23.3 Å². The van der Waals surface area contributed by atoms with E-state index in [1.54, 1.807) is 12.1 Å². The number of hydrogen-bond acceptors (Lipinski definition) is 8. The number of anilines is 2. The Kier molecular flexibility index (Phi) is 6.55. The van der Waals surface area contributed by atoms with Crippen LogP contribution in [0.4, 0.5) is 11.4 Å². The number of nitrogens with one attached hydrogen (secondary N) is 3. The smallest absolute Gasteiger partial charge is 0.337 e. The lowest BCUT2D eigenvalue weighted by atomic mass is 10.2. The van der Waals surface area contributed by atoms with E-state index in [9.17, 15) is 24.3 Å². The molecule has 10 nitrogen and oxygen atoms in total. The van der Waals surface area contributed by atoms with Crippen LogP contribution in [0.1, 0.15) is 17.3 Å². The van der Waals surface area contributed by atoms with Crippen LogP contribution in [0.15, 0.2) is 34.2 Å². The molecule has 0 unspecified atom stereocenters. The van der Waals surface area contributed by atoms with Gasteiger partial charge in [-0.25, -0.2) is 4.79 Å². The third-order valence-corrected chi connectivity index (χ3v) is 3.98. The molecule has 0 saturated heterocycles. The van der Waals surface area contributed by atoms with E-state index >= 15 is 0 Å². The van der Waals surface area contributed by atoms with Crippen LogP contribution in [-0.4, -0.2) is 45.7 Å². The number of rotatable bonds is 6. The summed E-state index contributed by atoms with van der Waals surface area (Å²) in [5.74, 6) is -2.15. The standard InChI is InChI=1S/C16H16N4O6S/c1-8(21)17-12-13(23)19-16(20-14(12)24)27-7-11(22)18-10-5-3-9(4-6-10)15(25)26-2/h3-6H,7H2,1-2H3,(H,17,21)(H,18,22)(H2,19,20,23,24). The van der Waals surface area contributed by atoms with E-state index in [1.807, 2.05) is 0 Å². The first-order valence-electron chi connectivity index (χ1n) is 7.52. The van der Waals surface area contributed by atoms with Crippen LogP contribution >= 0.6 is 11.8 Å². The maximum atomic E-state index is 12.0. The molecule has 4 N–H and O–H groups in total. The molecule has 2 amide bonds. The lowest BCUT2D eigenvalue weighted by molar-refractivity contribution is -0.114. The molecule has 27 heavy (non-hydrogen) atoms. The first-order chi connectivity index (χ1) is 12.8. The van der Waals surface area contributed by atoms with Crippen LogP contribution in [0, 0.1) is 0 Å². The molecule has 0 aliphatic carbocycles. The summed E-state index contributed by atoms with van der Waals surface area (Å²) in [5, 5.41) is 14.5. The van der Waals surface area contributed by atoms with Crippen LogP contribution in [0.2, 0.25) is 0 Å². The van der Waals surface area contributed by atoms with Crippen molar-refractivity contribution in [2.24, 2.45) is 0 Å². The summed E-state index contributed by atoms with van der Waals surface area (Å²) in [6.45, 7) is 1.18. The van der Waals surface area contributed by atoms with E-state index in [4.69, 9.17) is 0 Å². The number of thioether (sulfide) groups is 1. The molecule has 1 heterocycles. The highest BCUT2D eigenvalue weighted by Gasteiger charge is 2.13. The fourth-order valence-corrected chi connectivity index (χ4v) is 2.59. The number of hydrogen-bond donors (Lipinski definition) is 4. The molecule has 0 bridgehead atoms. The van der Waals surface area contributed by atoms with E-state index in [-0.39, 0.29) is 22.5 Å². The third-order valence-electron chi connectivity index (χ3n) is 3.11. The number of amides is 2. The minimum Gasteiger partial charge on any atom is -0.492 e. The van der Waals surface area contributed by atoms with Crippen molar-refractivity contribution in [2.45, 2.75) is 12.1 Å². The van der Waals surface area contributed by atoms with Gasteiger partial charge in [-0.3, -0.25) is 19.4 Å². The molecular weight excluding hydrogens is 376 g/mol. The van der Waals surface area contributed by atoms with E-state index in [0.717, 1.165) is 11.8 Å². The Labute approximate surface area is 157 Å². The number of aromatic hydroxyl groups is 1. The second-order valence-electron chi connectivity index (χ2n) is 5.16. The van der Waals surface area contributed by atoms with Crippen LogP contribution in [0.3, 0.4) is 0 Å². The summed E-state index contributed by atoms with van der Waals surface area (Å²) in [7, 11) is 1.27. The van der Waals surface area contributed by atoms with Gasteiger partial charge in [0.15, 0.2) is 10.8 Å². The maximum Gasteiger partial charge on any atom is 0.337 e. The van der Waals surface area contributed by atoms with Crippen molar-refractivity contribution in [1.29, 1.82) is 0 Å². The van der Waals surface area contributed by atoms with Crippen LogP contribution < -0.4 is 16.2 Å². The monoisotopic (exact) mass is 392 g/mol. The zero-order valence-corrected chi connectivity index (χ0v) is 15.2. The Morgan fingerprint density at radius 3 is 2.44 bits per heavy atom. The number of ether oxygens (including phenoxy) is 1. The molecule has 2 rings (SSSR count). The van der Waals surface area contributed by atoms with Gasteiger partial charge in [-0.2, -0.15) is 4.98 Å². The summed E-state index contributed by atoms with van der Waals surface area (Å²) >= 11 is 0.890. The molecule has 1 aromatic carbocycles. The van der Waals surface area contributed by atoms with Gasteiger partial charge in [0.2, 0.25) is 17.7 Å². The summed E-state index contributed by atoms with van der Waals surface area (Å²) in [6.07, 6.45) is 0. The highest BCUT2D eigenvalue weighted by Crippen LogP contribution is 2.20. The van der Waals surface area contributed by atoms with Gasteiger partial charge in [0.1, 0.15) is 0 Å². The first kappa shape index (κ1) is 20.0. The van der Waals surface area contributed by atoms with Gasteiger partial charge in [0.25, 0.3) is 5.56 Å². The minimum atomic E-state index is -0.737. The predicted molar refractivity (Wildman–Crippen MR) is 98.0 cm³/mol. The molecule has 2 aromatic rings. The Balaban J connectivity index is 1.96. The van der Waals surface area contributed by atoms with Crippen LogP contribution in [0.5, 0.6) is 5.88 Å². The average molecular weight is 392 g/mol. The van der Waals surface area contributed by atoms with Gasteiger partial charge in [0.05, 0.1) is 18.4 Å². The van der Waals surface area contributed by atoms with E-state index in [2.05, 4.69) is 25.3 Å². The third kappa shape index (κ3) is 5.57. The fraction of sp³-hybridized carbons (Fsp3) is 0.188. The van der Waals surface area contributed by atoms with Gasteiger partial charge < -0.3 is 20.5 Å². The Morgan fingerprint density at radius 1 is 1.22 bits per heavy atom. The summed E-state index contributed by atoms with van der Waals surface area (Å²) in [6, 6.07) is 6.10. The molecule has 0 atom stereocenters. The molecule has 0 aliphatic rings. The largest absolute Gasteiger partial charge is 0.492 e. The number of H-pyrrole nitrogens is 1. The van der Waals surface area contributed by atoms with Crippen LogP contribution in [-0.2, 0) is 14.3 Å². The number of aromatic amines is 1.